The Labute approximate surface area is 73.9 Å². The molecule has 1 atom stereocenters. The molecule has 1 fully saturated rings. The Balaban J connectivity index is 2.33. The lowest BCUT2D eigenvalue weighted by molar-refractivity contribution is -0.112. The van der Waals surface area contributed by atoms with Crippen LogP contribution in [0.15, 0.2) is 0 Å². The SMILES string of the molecule is [C]#CCCC(C=O)N1CCCC1. The zero-order valence-corrected chi connectivity index (χ0v) is 7.25. The van der Waals surface area contributed by atoms with Crippen LogP contribution < -0.4 is 0 Å². The molecule has 0 spiro atoms. The smallest absolute Gasteiger partial charge is 0.137 e. The van der Waals surface area contributed by atoms with Crippen LogP contribution in [0.5, 0.6) is 0 Å². The molecule has 1 saturated heterocycles. The van der Waals surface area contributed by atoms with Crippen molar-refractivity contribution in [3.63, 3.8) is 0 Å². The summed E-state index contributed by atoms with van der Waals surface area (Å²) < 4.78 is 0. The maximum atomic E-state index is 10.7. The van der Waals surface area contributed by atoms with Crippen LogP contribution >= 0.6 is 0 Å². The fourth-order valence-electron chi connectivity index (χ4n) is 1.63. The quantitative estimate of drug-likeness (QED) is 0.456. The predicted octanol–water partition coefficient (Wildman–Crippen LogP) is 1.02. The highest BCUT2D eigenvalue weighted by molar-refractivity contribution is 5.57. The van der Waals surface area contributed by atoms with Crippen LogP contribution in [-0.4, -0.2) is 30.3 Å². The second-order valence-corrected chi connectivity index (χ2v) is 3.16. The Hall–Kier alpha value is -0.810. The molecule has 1 heterocycles. The van der Waals surface area contributed by atoms with Gasteiger partial charge in [-0.25, -0.2) is 0 Å². The molecule has 0 aromatic carbocycles. The minimum atomic E-state index is 0.0327. The van der Waals surface area contributed by atoms with Gasteiger partial charge in [-0.2, -0.15) is 0 Å². The third kappa shape index (κ3) is 2.35. The molecule has 12 heavy (non-hydrogen) atoms. The highest BCUT2D eigenvalue weighted by Crippen LogP contribution is 2.13. The summed E-state index contributed by atoms with van der Waals surface area (Å²) in [6.07, 6.45) is 11.5. The molecule has 0 amide bonds. The van der Waals surface area contributed by atoms with Gasteiger partial charge in [-0.3, -0.25) is 4.90 Å². The second kappa shape index (κ2) is 4.95. The van der Waals surface area contributed by atoms with Crippen molar-refractivity contribution in [3.8, 4) is 5.92 Å². The van der Waals surface area contributed by atoms with Crippen LogP contribution in [0.2, 0.25) is 0 Å². The minimum Gasteiger partial charge on any atom is -0.302 e. The van der Waals surface area contributed by atoms with Gasteiger partial charge in [0.25, 0.3) is 0 Å². The molecule has 0 saturated carbocycles. The third-order valence-electron chi connectivity index (χ3n) is 2.33. The van der Waals surface area contributed by atoms with E-state index in [9.17, 15) is 4.79 Å². The van der Waals surface area contributed by atoms with E-state index >= 15 is 0 Å². The minimum absolute atomic E-state index is 0.0327. The molecule has 0 N–H and O–H groups in total. The zero-order chi connectivity index (χ0) is 8.81. The molecular formula is C10H14NO. The van der Waals surface area contributed by atoms with Crippen LogP contribution in [0.25, 0.3) is 0 Å². The van der Waals surface area contributed by atoms with Crippen molar-refractivity contribution >= 4 is 6.29 Å². The molecule has 1 aliphatic rings. The summed E-state index contributed by atoms with van der Waals surface area (Å²) in [6.45, 7) is 2.09. The molecule has 2 nitrogen and oxygen atoms in total. The molecule has 0 aliphatic carbocycles. The Kier molecular flexibility index (Phi) is 3.83. The van der Waals surface area contributed by atoms with E-state index in [1.807, 2.05) is 0 Å². The Morgan fingerprint density at radius 1 is 1.50 bits per heavy atom. The van der Waals surface area contributed by atoms with Gasteiger partial charge in [-0.1, -0.05) is 5.92 Å². The van der Waals surface area contributed by atoms with Crippen LogP contribution in [0.4, 0.5) is 0 Å². The van der Waals surface area contributed by atoms with Gasteiger partial charge in [-0.05, 0) is 38.8 Å². The first-order valence-corrected chi connectivity index (χ1v) is 4.47. The fraction of sp³-hybridized carbons (Fsp3) is 0.700. The summed E-state index contributed by atoms with van der Waals surface area (Å²) in [4.78, 5) is 12.9. The van der Waals surface area contributed by atoms with Gasteiger partial charge >= 0.3 is 0 Å². The topological polar surface area (TPSA) is 20.3 Å². The van der Waals surface area contributed by atoms with Crippen LogP contribution in [-0.2, 0) is 4.79 Å². The van der Waals surface area contributed by atoms with Crippen LogP contribution in [0, 0.1) is 12.3 Å². The summed E-state index contributed by atoms with van der Waals surface area (Å²) >= 11 is 0. The number of aldehydes is 1. The van der Waals surface area contributed by atoms with E-state index in [1.54, 1.807) is 0 Å². The number of rotatable bonds is 4. The maximum absolute atomic E-state index is 10.7. The van der Waals surface area contributed by atoms with Gasteiger partial charge in [0.2, 0.25) is 0 Å². The van der Waals surface area contributed by atoms with Crippen molar-refractivity contribution in [1.29, 1.82) is 0 Å². The summed E-state index contributed by atoms with van der Waals surface area (Å²) in [5.74, 6) is 2.32. The lowest BCUT2D eigenvalue weighted by Gasteiger charge is -2.21. The van der Waals surface area contributed by atoms with Crippen LogP contribution in [0.1, 0.15) is 25.7 Å². The molecule has 1 aliphatic heterocycles. The number of carbonyl (C=O) groups is 1. The van der Waals surface area contributed by atoms with E-state index in [0.717, 1.165) is 25.8 Å². The number of hydrogen-bond acceptors (Lipinski definition) is 2. The first kappa shape index (κ1) is 9.28. The number of likely N-dealkylation sites (tertiary alicyclic amines) is 1. The van der Waals surface area contributed by atoms with Crippen molar-refractivity contribution in [3.05, 3.63) is 6.42 Å². The third-order valence-corrected chi connectivity index (χ3v) is 2.33. The van der Waals surface area contributed by atoms with Crippen molar-refractivity contribution in [2.24, 2.45) is 0 Å². The Bertz CT molecular complexity index is 177. The summed E-state index contributed by atoms with van der Waals surface area (Å²) in [5.41, 5.74) is 0. The molecule has 1 unspecified atom stereocenters. The molecule has 0 aromatic heterocycles. The van der Waals surface area contributed by atoms with Crippen molar-refractivity contribution < 1.29 is 4.79 Å². The maximum Gasteiger partial charge on any atom is 0.137 e. The molecule has 0 bridgehead atoms. The largest absolute Gasteiger partial charge is 0.302 e. The molecule has 2 heteroatoms. The van der Waals surface area contributed by atoms with Crippen molar-refractivity contribution in [2.45, 2.75) is 31.7 Å². The van der Waals surface area contributed by atoms with Crippen LogP contribution in [0.3, 0.4) is 0 Å². The van der Waals surface area contributed by atoms with Crippen molar-refractivity contribution in [2.75, 3.05) is 13.1 Å². The van der Waals surface area contributed by atoms with Gasteiger partial charge in [0.15, 0.2) is 0 Å². The molecule has 1 rings (SSSR count). The van der Waals surface area contributed by atoms with Gasteiger partial charge in [0, 0.05) is 6.42 Å². The fourth-order valence-corrected chi connectivity index (χ4v) is 1.63. The van der Waals surface area contributed by atoms with Gasteiger partial charge in [-0.15, -0.1) is 0 Å². The summed E-state index contributed by atoms with van der Waals surface area (Å²) in [5, 5.41) is 0. The zero-order valence-electron chi connectivity index (χ0n) is 7.25. The average Bonchev–Trinajstić information content (AvgIpc) is 2.59. The normalized spacial score (nSPS) is 20.2. The van der Waals surface area contributed by atoms with Gasteiger partial charge in [0.1, 0.15) is 6.29 Å². The molecule has 0 aromatic rings. The molecular weight excluding hydrogens is 150 g/mol. The molecule has 1 radical (unpaired) electrons. The van der Waals surface area contributed by atoms with Crippen molar-refractivity contribution in [1.82, 2.24) is 4.90 Å². The first-order chi connectivity index (χ1) is 5.88. The first-order valence-electron chi connectivity index (χ1n) is 4.47. The number of carbonyl (C=O) groups excluding carboxylic acids is 1. The van der Waals surface area contributed by atoms with E-state index in [1.165, 1.54) is 12.8 Å². The lowest BCUT2D eigenvalue weighted by atomic mass is 10.1. The lowest BCUT2D eigenvalue weighted by Crippen LogP contribution is -2.33. The number of hydrogen-bond donors (Lipinski definition) is 0. The highest BCUT2D eigenvalue weighted by atomic mass is 16.1. The van der Waals surface area contributed by atoms with E-state index in [-0.39, 0.29) is 6.04 Å². The number of nitrogens with zero attached hydrogens (tertiary/aromatic N) is 1. The monoisotopic (exact) mass is 164 g/mol. The Morgan fingerprint density at radius 3 is 2.67 bits per heavy atom. The van der Waals surface area contributed by atoms with Gasteiger partial charge < -0.3 is 4.79 Å². The highest BCUT2D eigenvalue weighted by Gasteiger charge is 2.20. The average molecular weight is 164 g/mol. The van der Waals surface area contributed by atoms with E-state index in [0.29, 0.717) is 6.42 Å². The Morgan fingerprint density at radius 2 is 2.17 bits per heavy atom. The summed E-state index contributed by atoms with van der Waals surface area (Å²) in [6, 6.07) is 0.0327. The standard InChI is InChI=1S/C10H14NO/c1-2-3-6-10(9-12)11-7-4-5-8-11/h9-10H,3-8H2. The van der Waals surface area contributed by atoms with E-state index in [4.69, 9.17) is 6.42 Å². The predicted molar refractivity (Wildman–Crippen MR) is 47.0 cm³/mol. The second-order valence-electron chi connectivity index (χ2n) is 3.16. The van der Waals surface area contributed by atoms with Gasteiger partial charge in [0.05, 0.1) is 6.04 Å². The van der Waals surface area contributed by atoms with E-state index < -0.39 is 0 Å². The summed E-state index contributed by atoms with van der Waals surface area (Å²) in [7, 11) is 0. The van der Waals surface area contributed by atoms with E-state index in [2.05, 4.69) is 10.8 Å². The molecule has 65 valence electrons.